The maximum atomic E-state index is 12.6. The van der Waals surface area contributed by atoms with Gasteiger partial charge in [-0.15, -0.1) is 5.10 Å². The molecule has 1 aromatic carbocycles. The Bertz CT molecular complexity index is 891. The lowest BCUT2D eigenvalue weighted by Gasteiger charge is -2.35. The van der Waals surface area contributed by atoms with Gasteiger partial charge in [0, 0.05) is 44.8 Å². The van der Waals surface area contributed by atoms with E-state index in [2.05, 4.69) is 26.7 Å². The molecule has 2 aliphatic rings. The number of likely N-dealkylation sites (tertiary alicyclic amines) is 1. The molecule has 0 radical (unpaired) electrons. The first-order valence-corrected chi connectivity index (χ1v) is 11.4. The highest BCUT2D eigenvalue weighted by molar-refractivity contribution is 7.71. The zero-order valence-corrected chi connectivity index (χ0v) is 18.6. The molecule has 0 atom stereocenters. The van der Waals surface area contributed by atoms with Gasteiger partial charge in [-0.25, -0.2) is 4.68 Å². The average Bonchev–Trinajstić information content (AvgIpc) is 2.94. The molecule has 2 aromatic rings. The fraction of sp³-hybridized carbons (Fsp3) is 0.591. The molecular weight excluding hydrogens is 398 g/mol. The second-order valence-corrected chi connectivity index (χ2v) is 8.72. The molecule has 3 heterocycles. The molecule has 162 valence electrons. The summed E-state index contributed by atoms with van der Waals surface area (Å²) in [6.45, 7) is 8.60. The van der Waals surface area contributed by atoms with E-state index in [9.17, 15) is 4.79 Å². The molecule has 1 aromatic heterocycles. The van der Waals surface area contributed by atoms with Gasteiger partial charge in [-0.2, -0.15) is 0 Å². The van der Waals surface area contributed by atoms with Crippen LogP contribution in [0.1, 0.15) is 31.2 Å². The number of carbonyl (C=O) groups is 1. The first-order valence-electron chi connectivity index (χ1n) is 11.0. The third kappa shape index (κ3) is 5.36. The zero-order valence-electron chi connectivity index (χ0n) is 17.8. The molecule has 0 aliphatic carbocycles. The van der Waals surface area contributed by atoms with Crippen LogP contribution in [0.3, 0.4) is 0 Å². The number of amides is 1. The van der Waals surface area contributed by atoms with Crippen LogP contribution >= 0.6 is 12.2 Å². The van der Waals surface area contributed by atoms with Crippen LogP contribution in [0.5, 0.6) is 0 Å². The molecular formula is C22H31N5O2S. The molecule has 8 heteroatoms. The predicted octanol–water partition coefficient (Wildman–Crippen LogP) is 3.16. The van der Waals surface area contributed by atoms with E-state index in [1.807, 2.05) is 24.3 Å². The van der Waals surface area contributed by atoms with E-state index < -0.39 is 0 Å². The second-order valence-electron chi connectivity index (χ2n) is 8.37. The van der Waals surface area contributed by atoms with Gasteiger partial charge in [0.2, 0.25) is 11.8 Å². The summed E-state index contributed by atoms with van der Waals surface area (Å²) < 4.78 is 7.47. The SMILES string of the molecule is Cc1ccc(-c2nn(CN3CCN(CC(=O)N4CCCCCC4)CC3)c(=S)o2)cc1. The Hall–Kier alpha value is -2.03. The average molecular weight is 430 g/mol. The van der Waals surface area contributed by atoms with Gasteiger partial charge in [0.05, 0.1) is 13.2 Å². The Morgan fingerprint density at radius 1 is 0.967 bits per heavy atom. The minimum atomic E-state index is 0.284. The van der Waals surface area contributed by atoms with Gasteiger partial charge in [-0.1, -0.05) is 30.5 Å². The summed E-state index contributed by atoms with van der Waals surface area (Å²) in [6, 6.07) is 8.08. The van der Waals surface area contributed by atoms with E-state index in [1.54, 1.807) is 4.68 Å². The Labute approximate surface area is 183 Å². The van der Waals surface area contributed by atoms with Gasteiger partial charge in [0.1, 0.15) is 0 Å². The van der Waals surface area contributed by atoms with Gasteiger partial charge in [-0.3, -0.25) is 14.6 Å². The number of aryl methyl sites for hydroxylation is 1. The molecule has 0 bridgehead atoms. The normalized spacial score (nSPS) is 19.0. The molecule has 4 rings (SSSR count). The smallest absolute Gasteiger partial charge is 0.288 e. The maximum absolute atomic E-state index is 12.6. The summed E-state index contributed by atoms with van der Waals surface area (Å²) in [5.41, 5.74) is 2.13. The number of hydrogen-bond acceptors (Lipinski definition) is 6. The monoisotopic (exact) mass is 429 g/mol. The molecule has 7 nitrogen and oxygen atoms in total. The van der Waals surface area contributed by atoms with Crippen LogP contribution in [0.2, 0.25) is 0 Å². The summed E-state index contributed by atoms with van der Waals surface area (Å²) >= 11 is 5.38. The highest BCUT2D eigenvalue weighted by atomic mass is 32.1. The van der Waals surface area contributed by atoms with Gasteiger partial charge in [-0.05, 0) is 44.1 Å². The molecule has 2 saturated heterocycles. The van der Waals surface area contributed by atoms with Crippen LogP contribution in [0.4, 0.5) is 0 Å². The second kappa shape index (κ2) is 9.85. The lowest BCUT2D eigenvalue weighted by atomic mass is 10.1. The first-order chi connectivity index (χ1) is 14.6. The van der Waals surface area contributed by atoms with E-state index in [0.717, 1.165) is 57.7 Å². The van der Waals surface area contributed by atoms with E-state index in [1.165, 1.54) is 18.4 Å². The van der Waals surface area contributed by atoms with Crippen LogP contribution in [0.15, 0.2) is 28.7 Å². The summed E-state index contributed by atoms with van der Waals surface area (Å²) in [6.07, 6.45) is 4.78. The molecule has 2 fully saturated rings. The van der Waals surface area contributed by atoms with Gasteiger partial charge in [0.25, 0.3) is 4.84 Å². The lowest BCUT2D eigenvalue weighted by molar-refractivity contribution is -0.132. The largest absolute Gasteiger partial charge is 0.409 e. The molecule has 30 heavy (non-hydrogen) atoms. The van der Waals surface area contributed by atoms with E-state index in [-0.39, 0.29) is 5.91 Å². The van der Waals surface area contributed by atoms with E-state index in [4.69, 9.17) is 16.6 Å². The zero-order chi connectivity index (χ0) is 20.9. The van der Waals surface area contributed by atoms with Crippen LogP contribution in [-0.2, 0) is 11.5 Å². The van der Waals surface area contributed by atoms with E-state index in [0.29, 0.717) is 23.9 Å². The Morgan fingerprint density at radius 3 is 2.27 bits per heavy atom. The van der Waals surface area contributed by atoms with E-state index >= 15 is 0 Å². The summed E-state index contributed by atoms with van der Waals surface area (Å²) in [5, 5.41) is 4.57. The van der Waals surface area contributed by atoms with Crippen molar-refractivity contribution >= 4 is 18.1 Å². The van der Waals surface area contributed by atoms with Gasteiger partial charge in [0.15, 0.2) is 0 Å². The van der Waals surface area contributed by atoms with Crippen molar-refractivity contribution in [1.29, 1.82) is 0 Å². The highest BCUT2D eigenvalue weighted by Gasteiger charge is 2.23. The quantitative estimate of drug-likeness (QED) is 0.681. The third-order valence-corrected chi connectivity index (χ3v) is 6.32. The van der Waals surface area contributed by atoms with Crippen molar-refractivity contribution in [1.82, 2.24) is 24.5 Å². The molecule has 0 spiro atoms. The summed E-state index contributed by atoms with van der Waals surface area (Å²) in [7, 11) is 0. The Kier molecular flexibility index (Phi) is 6.97. The molecule has 2 aliphatic heterocycles. The van der Waals surface area contributed by atoms with Crippen LogP contribution < -0.4 is 0 Å². The number of hydrogen-bond donors (Lipinski definition) is 0. The van der Waals surface area contributed by atoms with Crippen LogP contribution in [-0.4, -0.2) is 76.2 Å². The number of benzene rings is 1. The topological polar surface area (TPSA) is 57.8 Å². The van der Waals surface area contributed by atoms with Crippen molar-refractivity contribution in [2.24, 2.45) is 0 Å². The van der Waals surface area contributed by atoms with Crippen molar-refractivity contribution in [3.63, 3.8) is 0 Å². The fourth-order valence-electron chi connectivity index (χ4n) is 4.10. The Morgan fingerprint density at radius 2 is 1.60 bits per heavy atom. The minimum Gasteiger partial charge on any atom is -0.409 e. The first kappa shape index (κ1) is 21.2. The summed E-state index contributed by atoms with van der Waals surface area (Å²) in [4.78, 5) is 19.7. The lowest BCUT2D eigenvalue weighted by Crippen LogP contribution is -2.50. The summed E-state index contributed by atoms with van der Waals surface area (Å²) in [5.74, 6) is 0.841. The van der Waals surface area contributed by atoms with Crippen LogP contribution in [0, 0.1) is 11.8 Å². The highest BCUT2D eigenvalue weighted by Crippen LogP contribution is 2.19. The number of aromatic nitrogens is 2. The number of carbonyl (C=O) groups excluding carboxylic acids is 1. The van der Waals surface area contributed by atoms with Crippen LogP contribution in [0.25, 0.3) is 11.5 Å². The van der Waals surface area contributed by atoms with Crippen molar-refractivity contribution in [3.8, 4) is 11.5 Å². The standard InChI is InChI=1S/C22H31N5O2S/c1-18-6-8-19(9-7-18)21-23-27(22(30)29-21)17-25-14-12-24(13-15-25)16-20(28)26-10-4-2-3-5-11-26/h6-9H,2-5,10-17H2,1H3. The van der Waals surface area contributed by atoms with Crippen molar-refractivity contribution in [2.75, 3.05) is 45.8 Å². The number of rotatable bonds is 5. The van der Waals surface area contributed by atoms with Crippen molar-refractivity contribution in [3.05, 3.63) is 34.7 Å². The number of nitrogens with zero attached hydrogens (tertiary/aromatic N) is 5. The predicted molar refractivity (Wildman–Crippen MR) is 119 cm³/mol. The van der Waals surface area contributed by atoms with Crippen molar-refractivity contribution < 1.29 is 9.21 Å². The molecule has 0 unspecified atom stereocenters. The fourth-order valence-corrected chi connectivity index (χ4v) is 4.28. The minimum absolute atomic E-state index is 0.284. The van der Waals surface area contributed by atoms with Gasteiger partial charge < -0.3 is 9.32 Å². The Balaban J connectivity index is 1.28. The molecule has 1 amide bonds. The number of piperazine rings is 1. The maximum Gasteiger partial charge on any atom is 0.288 e. The van der Waals surface area contributed by atoms with Gasteiger partial charge >= 0.3 is 0 Å². The third-order valence-electron chi connectivity index (χ3n) is 6.02. The molecule has 0 N–H and O–H groups in total. The molecule has 0 saturated carbocycles. The van der Waals surface area contributed by atoms with Crippen molar-refractivity contribution in [2.45, 2.75) is 39.3 Å².